The molecule has 0 unspecified atom stereocenters. The summed E-state index contributed by atoms with van der Waals surface area (Å²) in [6, 6.07) is 0. The molecule has 0 aromatic carbocycles. The number of esters is 1. The standard InChI is InChI=1S/C7H16N2O4S/c1-4-5-7(2,6(10)13-3)9-14(8,11)12/h9H,4-5H2,1-3H3,(H2,8,11,12)/t7-/m0/s1. The number of ether oxygens (including phenoxy) is 1. The van der Waals surface area contributed by atoms with E-state index < -0.39 is 21.7 Å². The van der Waals surface area contributed by atoms with Gasteiger partial charge in [-0.15, -0.1) is 0 Å². The lowest BCUT2D eigenvalue weighted by Gasteiger charge is -2.25. The van der Waals surface area contributed by atoms with Crippen LogP contribution in [0.2, 0.25) is 0 Å². The third-order valence-corrected chi connectivity index (χ3v) is 2.49. The first-order chi connectivity index (χ1) is 6.25. The lowest BCUT2D eigenvalue weighted by atomic mass is 9.98. The zero-order valence-corrected chi connectivity index (χ0v) is 9.35. The number of carbonyl (C=O) groups is 1. The van der Waals surface area contributed by atoms with E-state index in [1.165, 1.54) is 14.0 Å². The lowest BCUT2D eigenvalue weighted by Crippen LogP contribution is -2.54. The van der Waals surface area contributed by atoms with E-state index in [9.17, 15) is 13.2 Å². The molecule has 84 valence electrons. The van der Waals surface area contributed by atoms with Gasteiger partial charge in [0.1, 0.15) is 5.54 Å². The predicted molar refractivity (Wildman–Crippen MR) is 51.6 cm³/mol. The fraction of sp³-hybridized carbons (Fsp3) is 0.857. The summed E-state index contributed by atoms with van der Waals surface area (Å²) in [6.07, 6.45) is 0.963. The Kier molecular flexibility index (Phi) is 4.50. The topological polar surface area (TPSA) is 98.5 Å². The van der Waals surface area contributed by atoms with Gasteiger partial charge in [-0.3, -0.25) is 4.79 Å². The van der Waals surface area contributed by atoms with E-state index >= 15 is 0 Å². The van der Waals surface area contributed by atoms with E-state index in [1.807, 2.05) is 6.92 Å². The first-order valence-corrected chi connectivity index (χ1v) is 5.70. The monoisotopic (exact) mass is 224 g/mol. The maximum absolute atomic E-state index is 11.3. The van der Waals surface area contributed by atoms with E-state index in [4.69, 9.17) is 5.14 Å². The first kappa shape index (κ1) is 13.3. The van der Waals surface area contributed by atoms with Crippen molar-refractivity contribution in [2.75, 3.05) is 7.11 Å². The highest BCUT2D eigenvalue weighted by Crippen LogP contribution is 2.14. The van der Waals surface area contributed by atoms with Crippen LogP contribution in [-0.2, 0) is 19.7 Å². The highest BCUT2D eigenvalue weighted by Gasteiger charge is 2.36. The molecule has 0 bridgehead atoms. The maximum Gasteiger partial charge on any atom is 0.326 e. The van der Waals surface area contributed by atoms with Crippen LogP contribution in [0.15, 0.2) is 0 Å². The van der Waals surface area contributed by atoms with Gasteiger partial charge in [-0.05, 0) is 13.3 Å². The minimum absolute atomic E-state index is 0.329. The molecule has 6 nitrogen and oxygen atoms in total. The molecule has 0 spiro atoms. The Hall–Kier alpha value is -0.660. The molecule has 0 aliphatic carbocycles. The molecule has 0 saturated carbocycles. The number of methoxy groups -OCH3 is 1. The van der Waals surface area contributed by atoms with Crippen LogP contribution in [0.5, 0.6) is 0 Å². The van der Waals surface area contributed by atoms with Crippen LogP contribution in [0.3, 0.4) is 0 Å². The van der Waals surface area contributed by atoms with Crippen LogP contribution in [0, 0.1) is 0 Å². The fourth-order valence-electron chi connectivity index (χ4n) is 1.23. The number of hydrogen-bond donors (Lipinski definition) is 2. The van der Waals surface area contributed by atoms with E-state index in [2.05, 4.69) is 9.46 Å². The van der Waals surface area contributed by atoms with Crippen molar-refractivity contribution in [3.63, 3.8) is 0 Å². The smallest absolute Gasteiger partial charge is 0.326 e. The summed E-state index contributed by atoms with van der Waals surface area (Å²) in [7, 11) is -2.71. The minimum Gasteiger partial charge on any atom is -0.468 e. The van der Waals surface area contributed by atoms with Crippen molar-refractivity contribution >= 4 is 16.2 Å². The second-order valence-corrected chi connectivity index (χ2v) is 4.51. The van der Waals surface area contributed by atoms with Crippen LogP contribution in [0.25, 0.3) is 0 Å². The summed E-state index contributed by atoms with van der Waals surface area (Å²) in [5, 5.41) is 4.80. The quantitative estimate of drug-likeness (QED) is 0.616. The van der Waals surface area contributed by atoms with Crippen molar-refractivity contribution in [3.8, 4) is 0 Å². The van der Waals surface area contributed by atoms with Crippen molar-refractivity contribution in [1.29, 1.82) is 0 Å². The second-order valence-electron chi connectivity index (χ2n) is 3.22. The normalized spacial score (nSPS) is 16.0. The summed E-state index contributed by atoms with van der Waals surface area (Å²) in [5.41, 5.74) is -1.28. The van der Waals surface area contributed by atoms with E-state index in [1.54, 1.807) is 0 Å². The Morgan fingerprint density at radius 2 is 2.07 bits per heavy atom. The molecule has 0 aromatic heterocycles. The predicted octanol–water partition coefficient (Wildman–Crippen LogP) is -0.489. The van der Waals surface area contributed by atoms with E-state index in [-0.39, 0.29) is 0 Å². The van der Waals surface area contributed by atoms with Gasteiger partial charge in [-0.1, -0.05) is 13.3 Å². The van der Waals surface area contributed by atoms with Crippen LogP contribution < -0.4 is 9.86 Å². The van der Waals surface area contributed by atoms with Gasteiger partial charge in [0, 0.05) is 0 Å². The number of nitrogens with one attached hydrogen (secondary N) is 1. The SMILES string of the molecule is CCC[C@](C)(NS(N)(=O)=O)C(=O)OC. The van der Waals surface area contributed by atoms with Crippen molar-refractivity contribution in [3.05, 3.63) is 0 Å². The highest BCUT2D eigenvalue weighted by atomic mass is 32.2. The molecule has 0 amide bonds. The summed E-state index contributed by atoms with van der Waals surface area (Å²) in [6.45, 7) is 3.26. The molecule has 0 fully saturated rings. The number of nitrogens with two attached hydrogens (primary N) is 1. The van der Waals surface area contributed by atoms with Crippen molar-refractivity contribution in [2.24, 2.45) is 5.14 Å². The molecule has 0 radical (unpaired) electrons. The third-order valence-electron chi connectivity index (χ3n) is 1.75. The van der Waals surface area contributed by atoms with Gasteiger partial charge in [-0.2, -0.15) is 13.1 Å². The van der Waals surface area contributed by atoms with Crippen LogP contribution in [0.1, 0.15) is 26.7 Å². The Labute approximate surface area is 84.0 Å². The zero-order valence-electron chi connectivity index (χ0n) is 8.53. The maximum atomic E-state index is 11.3. The number of rotatable bonds is 5. The average Bonchev–Trinajstić information content (AvgIpc) is 2.00. The fourth-order valence-corrected chi connectivity index (χ4v) is 2.05. The molecule has 0 aliphatic heterocycles. The van der Waals surface area contributed by atoms with Gasteiger partial charge < -0.3 is 4.74 Å². The molecule has 14 heavy (non-hydrogen) atoms. The molecule has 1 atom stereocenters. The van der Waals surface area contributed by atoms with Gasteiger partial charge in [0.05, 0.1) is 7.11 Å². The number of hydrogen-bond acceptors (Lipinski definition) is 4. The molecule has 0 heterocycles. The summed E-state index contributed by atoms with van der Waals surface area (Å²) < 4.78 is 28.2. The largest absolute Gasteiger partial charge is 0.468 e. The molecule has 0 aliphatic rings. The number of carbonyl (C=O) groups excluding carboxylic acids is 1. The third kappa shape index (κ3) is 4.03. The second kappa shape index (κ2) is 4.72. The Balaban J connectivity index is 4.81. The highest BCUT2D eigenvalue weighted by molar-refractivity contribution is 7.87. The summed E-state index contributed by atoms with van der Waals surface area (Å²) in [5.74, 6) is -0.645. The Morgan fingerprint density at radius 1 is 1.57 bits per heavy atom. The van der Waals surface area contributed by atoms with E-state index in [0.29, 0.717) is 12.8 Å². The van der Waals surface area contributed by atoms with Crippen LogP contribution in [-0.4, -0.2) is 27.0 Å². The van der Waals surface area contributed by atoms with Crippen LogP contribution >= 0.6 is 0 Å². The van der Waals surface area contributed by atoms with Gasteiger partial charge in [-0.25, -0.2) is 5.14 Å². The van der Waals surface area contributed by atoms with Gasteiger partial charge in [0.25, 0.3) is 10.2 Å². The van der Waals surface area contributed by atoms with Gasteiger partial charge in [0.15, 0.2) is 0 Å². The van der Waals surface area contributed by atoms with Crippen molar-refractivity contribution in [1.82, 2.24) is 4.72 Å². The summed E-state index contributed by atoms with van der Waals surface area (Å²) >= 11 is 0. The lowest BCUT2D eigenvalue weighted by molar-refractivity contribution is -0.147. The zero-order chi connectivity index (χ0) is 11.4. The van der Waals surface area contributed by atoms with Crippen molar-refractivity contribution < 1.29 is 17.9 Å². The molecular formula is C7H16N2O4S. The first-order valence-electron chi connectivity index (χ1n) is 4.15. The molecule has 7 heteroatoms. The Bertz CT molecular complexity index is 301. The molecule has 0 aromatic rings. The molecule has 3 N–H and O–H groups in total. The van der Waals surface area contributed by atoms with Gasteiger partial charge in [0.2, 0.25) is 0 Å². The van der Waals surface area contributed by atoms with Crippen LogP contribution in [0.4, 0.5) is 0 Å². The van der Waals surface area contributed by atoms with E-state index in [0.717, 1.165) is 0 Å². The molecule has 0 rings (SSSR count). The molecular weight excluding hydrogens is 208 g/mol. The van der Waals surface area contributed by atoms with Crippen molar-refractivity contribution in [2.45, 2.75) is 32.2 Å². The van der Waals surface area contributed by atoms with Gasteiger partial charge >= 0.3 is 5.97 Å². The minimum atomic E-state index is -3.91. The average molecular weight is 224 g/mol. The summed E-state index contributed by atoms with van der Waals surface area (Å²) in [4.78, 5) is 11.3. The molecule has 0 saturated heterocycles. The Morgan fingerprint density at radius 3 is 2.36 bits per heavy atom.